The third kappa shape index (κ3) is 11.4. The number of carbonyl (C=O) groups is 4. The monoisotopic (exact) mass is 581 g/mol. The van der Waals surface area contributed by atoms with Gasteiger partial charge in [-0.25, -0.2) is 6.54 Å². The van der Waals surface area contributed by atoms with E-state index < -0.39 is 29.9 Å². The van der Waals surface area contributed by atoms with Gasteiger partial charge in [-0.05, 0) is 24.2 Å². The smallest absolute Gasteiger partial charge is 0.504 e. The van der Waals surface area contributed by atoms with Gasteiger partial charge in [-0.2, -0.15) is 6.42 Å². The largest absolute Gasteiger partial charge is 2.00 e. The van der Waals surface area contributed by atoms with Gasteiger partial charge in [0.25, 0.3) is 0 Å². The fourth-order valence-electron chi connectivity index (χ4n) is 2.69. The minimum Gasteiger partial charge on any atom is -0.504 e. The summed E-state index contributed by atoms with van der Waals surface area (Å²) in [5, 5.41) is 10.6. The van der Waals surface area contributed by atoms with Crippen LogP contribution in [0.5, 0.6) is 0 Å². The van der Waals surface area contributed by atoms with Crippen molar-refractivity contribution in [3.8, 4) is 0 Å². The molecule has 0 heterocycles. The number of amides is 4. The summed E-state index contributed by atoms with van der Waals surface area (Å²) in [6.45, 7) is 14.7. The Balaban J connectivity index is 0. The van der Waals surface area contributed by atoms with Crippen molar-refractivity contribution in [2.75, 3.05) is 0 Å². The second-order valence-electron chi connectivity index (χ2n) is 8.05. The van der Waals surface area contributed by atoms with Crippen LogP contribution >= 0.6 is 0 Å². The van der Waals surface area contributed by atoms with Crippen LogP contribution in [0.25, 0.3) is 0 Å². The molecule has 0 saturated heterocycles. The molecule has 0 aliphatic carbocycles. The zero-order chi connectivity index (χ0) is 21.9. The zero-order valence-corrected chi connectivity index (χ0v) is 21.5. The van der Waals surface area contributed by atoms with Crippen LogP contribution in [0.15, 0.2) is 0 Å². The Kier molecular flexibility index (Phi) is 15.8. The summed E-state index contributed by atoms with van der Waals surface area (Å²) < 4.78 is 0. The molecule has 3 atom stereocenters. The first-order valence-electron chi connectivity index (χ1n) is 9.97. The summed E-state index contributed by atoms with van der Waals surface area (Å²) in [6, 6.07) is -2.25. The van der Waals surface area contributed by atoms with E-state index in [9.17, 15) is 19.2 Å². The number of carbonyl (C=O) groups excluding carboxylic acids is 4. The van der Waals surface area contributed by atoms with Gasteiger partial charge in [-0.3, -0.25) is 19.2 Å². The summed E-state index contributed by atoms with van der Waals surface area (Å²) >= 11 is 0. The van der Waals surface area contributed by atoms with Crippen molar-refractivity contribution in [2.24, 2.45) is 17.8 Å². The zero-order valence-electron chi connectivity index (χ0n) is 18.6. The first-order chi connectivity index (χ1) is 13.0. The van der Waals surface area contributed by atoms with E-state index >= 15 is 0 Å². The average molecular weight is 581 g/mol. The molecule has 4 amide bonds. The number of nitrogens with one attached hydrogen (secondary N) is 4. The van der Waals surface area contributed by atoms with Crippen LogP contribution in [0.4, 0.5) is 0 Å². The molecule has 0 aliphatic heterocycles. The summed E-state index contributed by atoms with van der Waals surface area (Å²) in [5.74, 6) is -1.26. The molecule has 9 heteroatoms. The standard InChI is InChI=1S/C20H37N4O4.W/c1-8-9-21-18(26)15(10-12(2)3)23-20(28)17(14(6)7)24-19(27)16(13(4)5)22-11-25;/h9,11-17H,8,10H2,1-7H3,(H,21,26)(H,22,25)(H,23,28)(H,24,27);/q-1;+2. The van der Waals surface area contributed by atoms with Gasteiger partial charge in [-0.1, -0.05) is 48.5 Å². The first kappa shape index (κ1) is 29.8. The van der Waals surface area contributed by atoms with Gasteiger partial charge in [-0.15, -0.1) is 0 Å². The molecule has 4 N–H and O–H groups in total. The molecule has 0 aromatic heterocycles. The molecular formula is C20H37N4O4W+. The molecule has 0 saturated carbocycles. The maximum absolute atomic E-state index is 12.8. The fourth-order valence-corrected chi connectivity index (χ4v) is 2.69. The van der Waals surface area contributed by atoms with E-state index in [0.29, 0.717) is 19.3 Å². The summed E-state index contributed by atoms with van der Waals surface area (Å²) in [7, 11) is 0. The third-order valence-electron chi connectivity index (χ3n) is 4.23. The average Bonchev–Trinajstić information content (AvgIpc) is 2.60. The van der Waals surface area contributed by atoms with Gasteiger partial charge in [0.1, 0.15) is 18.1 Å². The predicted molar refractivity (Wildman–Crippen MR) is 109 cm³/mol. The Morgan fingerprint density at radius 3 is 1.79 bits per heavy atom. The molecule has 29 heavy (non-hydrogen) atoms. The second kappa shape index (κ2) is 15.4. The van der Waals surface area contributed by atoms with Crippen LogP contribution in [0.1, 0.15) is 61.3 Å². The summed E-state index contributed by atoms with van der Waals surface area (Å²) in [4.78, 5) is 48.5. The van der Waals surface area contributed by atoms with Crippen LogP contribution in [0, 0.1) is 24.3 Å². The van der Waals surface area contributed by atoms with Gasteiger partial charge < -0.3 is 21.3 Å². The van der Waals surface area contributed by atoms with Gasteiger partial charge in [0.05, 0.1) is 0 Å². The summed E-state index contributed by atoms with van der Waals surface area (Å²) in [6.07, 6.45) is 1.64. The Bertz CT molecular complexity index is 527. The number of hydrogen-bond acceptors (Lipinski definition) is 4. The van der Waals surface area contributed by atoms with E-state index in [1.54, 1.807) is 20.4 Å². The molecule has 0 spiro atoms. The number of rotatable bonds is 13. The molecule has 0 aromatic rings. The van der Waals surface area contributed by atoms with Crippen molar-refractivity contribution in [3.05, 3.63) is 6.54 Å². The van der Waals surface area contributed by atoms with E-state index in [0.717, 1.165) is 0 Å². The minimum absolute atomic E-state index is 0. The number of hydrogen-bond donors (Lipinski definition) is 4. The van der Waals surface area contributed by atoms with Crippen molar-refractivity contribution in [1.29, 1.82) is 0 Å². The predicted octanol–water partition coefficient (Wildman–Crippen LogP) is 1.11. The SMILES string of the molecule is CC[CH-]NC(=O)C(CC(C)C)NC(=O)C(NC(=O)C(NC=O)C(C)C)C(C)C.[W+2]. The van der Waals surface area contributed by atoms with E-state index in [2.05, 4.69) is 21.3 Å². The van der Waals surface area contributed by atoms with Gasteiger partial charge in [0, 0.05) is 0 Å². The minimum atomic E-state index is -0.820. The van der Waals surface area contributed by atoms with Crippen LogP contribution < -0.4 is 21.3 Å². The van der Waals surface area contributed by atoms with Crippen molar-refractivity contribution in [3.63, 3.8) is 0 Å². The molecule has 0 rings (SSSR count). The third-order valence-corrected chi connectivity index (χ3v) is 4.23. The Hall–Kier alpha value is -1.43. The van der Waals surface area contributed by atoms with Crippen molar-refractivity contribution < 1.29 is 40.2 Å². The van der Waals surface area contributed by atoms with Gasteiger partial charge in [0.2, 0.25) is 24.1 Å². The molecule has 0 aromatic carbocycles. The van der Waals surface area contributed by atoms with Crippen molar-refractivity contribution in [1.82, 2.24) is 21.3 Å². The molecule has 8 nitrogen and oxygen atoms in total. The van der Waals surface area contributed by atoms with E-state index in [1.165, 1.54) is 0 Å². The van der Waals surface area contributed by atoms with Crippen molar-refractivity contribution >= 4 is 24.1 Å². The van der Waals surface area contributed by atoms with Gasteiger partial charge >= 0.3 is 21.1 Å². The molecule has 0 bridgehead atoms. The Morgan fingerprint density at radius 2 is 1.38 bits per heavy atom. The molecule has 3 unspecified atom stereocenters. The Labute approximate surface area is 189 Å². The quantitative estimate of drug-likeness (QED) is 0.193. The molecule has 166 valence electrons. The van der Waals surface area contributed by atoms with Crippen molar-refractivity contribution in [2.45, 2.75) is 79.4 Å². The normalized spacial score (nSPS) is 13.9. The molecule has 0 radical (unpaired) electrons. The van der Waals surface area contributed by atoms with Crippen LogP contribution in [0.3, 0.4) is 0 Å². The fraction of sp³-hybridized carbons (Fsp3) is 0.750. The van der Waals surface area contributed by atoms with Crippen LogP contribution in [-0.2, 0) is 40.2 Å². The van der Waals surface area contributed by atoms with Crippen LogP contribution in [-0.4, -0.2) is 42.3 Å². The molecular weight excluding hydrogens is 544 g/mol. The molecule has 0 fully saturated rings. The van der Waals surface area contributed by atoms with E-state index in [-0.39, 0.29) is 44.7 Å². The van der Waals surface area contributed by atoms with Crippen LogP contribution in [0.2, 0.25) is 0 Å². The first-order valence-corrected chi connectivity index (χ1v) is 9.97. The second-order valence-corrected chi connectivity index (χ2v) is 8.05. The topological polar surface area (TPSA) is 116 Å². The molecule has 0 aliphatic rings. The summed E-state index contributed by atoms with van der Waals surface area (Å²) in [5.41, 5.74) is 0. The van der Waals surface area contributed by atoms with E-state index in [4.69, 9.17) is 0 Å². The van der Waals surface area contributed by atoms with Gasteiger partial charge in [0.15, 0.2) is 0 Å². The Morgan fingerprint density at radius 1 is 0.862 bits per heavy atom. The maximum atomic E-state index is 12.8. The van der Waals surface area contributed by atoms with E-state index in [1.807, 2.05) is 34.6 Å². The maximum Gasteiger partial charge on any atom is 2.00 e.